The number of benzene rings is 1. The van der Waals surface area contributed by atoms with E-state index in [0.29, 0.717) is 27.9 Å². The van der Waals surface area contributed by atoms with Gasteiger partial charge in [0.1, 0.15) is 5.75 Å². The molecule has 0 amide bonds. The van der Waals surface area contributed by atoms with E-state index in [9.17, 15) is 0 Å². The van der Waals surface area contributed by atoms with Crippen LogP contribution < -0.4 is 10.2 Å². The molecular formula is C15H14ClN5OS. The van der Waals surface area contributed by atoms with Gasteiger partial charge < -0.3 is 10.2 Å². The predicted octanol–water partition coefficient (Wildman–Crippen LogP) is 3.41. The molecule has 0 spiro atoms. The number of ether oxygens (including phenoxy) is 1. The molecule has 0 saturated carbocycles. The lowest BCUT2D eigenvalue weighted by Gasteiger charge is -2.11. The van der Waals surface area contributed by atoms with E-state index in [1.54, 1.807) is 24.2 Å². The molecule has 23 heavy (non-hydrogen) atoms. The van der Waals surface area contributed by atoms with Crippen LogP contribution in [-0.2, 0) is 6.54 Å². The van der Waals surface area contributed by atoms with Gasteiger partial charge in [-0.05, 0) is 42.0 Å². The fourth-order valence-corrected chi connectivity index (χ4v) is 2.61. The number of halogens is 1. The average Bonchev–Trinajstić information content (AvgIpc) is 2.94. The Morgan fingerprint density at radius 3 is 2.78 bits per heavy atom. The minimum Gasteiger partial charge on any atom is -0.495 e. The molecular weight excluding hydrogens is 334 g/mol. The Bertz CT molecular complexity index is 862. The average molecular weight is 348 g/mol. The lowest BCUT2D eigenvalue weighted by atomic mass is 10.2. The smallest absolute Gasteiger partial charge is 0.214 e. The summed E-state index contributed by atoms with van der Waals surface area (Å²) in [7, 11) is 1.59. The third kappa shape index (κ3) is 3.35. The number of hydrogen-bond acceptors (Lipinski definition) is 5. The topological polar surface area (TPSA) is 67.8 Å². The first kappa shape index (κ1) is 15.5. The second-order valence-electron chi connectivity index (χ2n) is 4.73. The number of aromatic amines is 1. The molecule has 2 aromatic heterocycles. The van der Waals surface area contributed by atoms with Crippen molar-refractivity contribution in [3.63, 3.8) is 0 Å². The van der Waals surface area contributed by atoms with E-state index in [2.05, 4.69) is 20.6 Å². The fourth-order valence-electron chi connectivity index (χ4n) is 2.13. The summed E-state index contributed by atoms with van der Waals surface area (Å²) in [5, 5.41) is 7.61. The highest BCUT2D eigenvalue weighted by atomic mass is 35.5. The lowest BCUT2D eigenvalue weighted by Crippen LogP contribution is -2.16. The van der Waals surface area contributed by atoms with Crippen LogP contribution in [0, 0.1) is 4.77 Å². The van der Waals surface area contributed by atoms with Gasteiger partial charge in [0.25, 0.3) is 0 Å². The zero-order valence-electron chi connectivity index (χ0n) is 12.3. The monoisotopic (exact) mass is 347 g/mol. The number of nitrogens with zero attached hydrogens (tertiary/aromatic N) is 3. The van der Waals surface area contributed by atoms with Crippen molar-refractivity contribution in [2.75, 3.05) is 12.5 Å². The summed E-state index contributed by atoms with van der Waals surface area (Å²) in [4.78, 5) is 4.01. The zero-order valence-corrected chi connectivity index (χ0v) is 13.9. The van der Waals surface area contributed by atoms with E-state index >= 15 is 0 Å². The lowest BCUT2D eigenvalue weighted by molar-refractivity contribution is 0.415. The number of methoxy groups -OCH3 is 1. The van der Waals surface area contributed by atoms with Crippen LogP contribution in [0.25, 0.3) is 11.4 Å². The van der Waals surface area contributed by atoms with Crippen molar-refractivity contribution in [1.82, 2.24) is 19.9 Å². The summed E-state index contributed by atoms with van der Waals surface area (Å²) in [6, 6.07) is 9.36. The summed E-state index contributed by atoms with van der Waals surface area (Å²) < 4.78 is 7.36. The van der Waals surface area contributed by atoms with E-state index in [4.69, 9.17) is 28.6 Å². The Labute approximate surface area is 143 Å². The minimum absolute atomic E-state index is 0.483. The van der Waals surface area contributed by atoms with E-state index in [1.807, 2.05) is 30.3 Å². The van der Waals surface area contributed by atoms with Crippen LogP contribution in [0.4, 0.5) is 0 Å². The molecule has 6 nitrogen and oxygen atoms in total. The van der Waals surface area contributed by atoms with Crippen LogP contribution in [0.5, 0.6) is 5.75 Å². The van der Waals surface area contributed by atoms with Crippen LogP contribution in [0.15, 0.2) is 42.7 Å². The molecule has 0 fully saturated rings. The molecule has 0 aliphatic carbocycles. The maximum atomic E-state index is 6.14. The highest BCUT2D eigenvalue weighted by molar-refractivity contribution is 7.71. The molecule has 0 saturated heterocycles. The Morgan fingerprint density at radius 1 is 1.30 bits per heavy atom. The first-order chi connectivity index (χ1) is 11.2. The largest absolute Gasteiger partial charge is 0.495 e. The number of nitrogens with one attached hydrogen (secondary N) is 2. The van der Waals surface area contributed by atoms with Gasteiger partial charge in [0.2, 0.25) is 4.77 Å². The molecule has 1 aromatic carbocycles. The van der Waals surface area contributed by atoms with Crippen molar-refractivity contribution in [2.45, 2.75) is 6.54 Å². The Morgan fingerprint density at radius 2 is 2.09 bits per heavy atom. The van der Waals surface area contributed by atoms with Gasteiger partial charge in [-0.2, -0.15) is 5.10 Å². The van der Waals surface area contributed by atoms with E-state index in [0.717, 1.165) is 11.1 Å². The molecule has 0 aliphatic heterocycles. The van der Waals surface area contributed by atoms with Gasteiger partial charge in [-0.3, -0.25) is 4.98 Å². The molecule has 0 radical (unpaired) electrons. The highest BCUT2D eigenvalue weighted by Gasteiger charge is 2.09. The van der Waals surface area contributed by atoms with Crippen LogP contribution in [0.1, 0.15) is 5.56 Å². The van der Waals surface area contributed by atoms with Gasteiger partial charge >= 0.3 is 0 Å². The molecule has 118 valence electrons. The first-order valence-corrected chi connectivity index (χ1v) is 7.62. The molecule has 3 aromatic rings. The standard InChI is InChI=1S/C15H14ClN5OS/c1-22-13-3-2-10(8-12(13)16)9-18-21-14(19-20-15(21)23)11-4-6-17-7-5-11/h2-8,18H,9H2,1H3,(H,20,23). The second-order valence-corrected chi connectivity index (χ2v) is 5.52. The Kier molecular flexibility index (Phi) is 4.59. The van der Waals surface area contributed by atoms with E-state index in [-0.39, 0.29) is 0 Å². The second kappa shape index (κ2) is 6.80. The number of aromatic nitrogens is 4. The SMILES string of the molecule is COc1ccc(CNn2c(-c3ccncc3)n[nH]c2=S)cc1Cl. The zero-order chi connectivity index (χ0) is 16.2. The van der Waals surface area contributed by atoms with Gasteiger partial charge in [-0.15, -0.1) is 0 Å². The van der Waals surface area contributed by atoms with E-state index in [1.165, 1.54) is 0 Å². The van der Waals surface area contributed by atoms with Gasteiger partial charge in [0.05, 0.1) is 18.7 Å². The summed E-state index contributed by atoms with van der Waals surface area (Å²) >= 11 is 11.4. The third-order valence-electron chi connectivity index (χ3n) is 3.27. The van der Waals surface area contributed by atoms with E-state index < -0.39 is 0 Å². The van der Waals surface area contributed by atoms with Crippen molar-refractivity contribution in [1.29, 1.82) is 0 Å². The van der Waals surface area contributed by atoms with Gasteiger partial charge in [-0.1, -0.05) is 17.7 Å². The Balaban J connectivity index is 1.83. The minimum atomic E-state index is 0.483. The number of pyridine rings is 1. The summed E-state index contributed by atoms with van der Waals surface area (Å²) in [5.41, 5.74) is 5.15. The third-order valence-corrected chi connectivity index (χ3v) is 3.84. The van der Waals surface area contributed by atoms with Gasteiger partial charge in [-0.25, -0.2) is 9.77 Å². The number of rotatable bonds is 5. The summed E-state index contributed by atoms with van der Waals surface area (Å²) in [6.07, 6.45) is 3.42. The summed E-state index contributed by atoms with van der Waals surface area (Å²) in [5.74, 6) is 1.34. The fraction of sp³-hybridized carbons (Fsp3) is 0.133. The van der Waals surface area contributed by atoms with Crippen LogP contribution in [0.3, 0.4) is 0 Å². The van der Waals surface area contributed by atoms with Crippen LogP contribution in [0.2, 0.25) is 5.02 Å². The quantitative estimate of drug-likeness (QED) is 0.692. The maximum Gasteiger partial charge on any atom is 0.214 e. The predicted molar refractivity (Wildman–Crippen MR) is 91.7 cm³/mol. The first-order valence-electron chi connectivity index (χ1n) is 6.83. The van der Waals surface area contributed by atoms with Gasteiger partial charge in [0.15, 0.2) is 5.82 Å². The highest BCUT2D eigenvalue weighted by Crippen LogP contribution is 2.25. The number of hydrogen-bond donors (Lipinski definition) is 2. The van der Waals surface area contributed by atoms with Crippen LogP contribution in [-0.4, -0.2) is 27.0 Å². The van der Waals surface area contributed by atoms with Crippen LogP contribution >= 0.6 is 23.8 Å². The molecule has 0 aliphatic rings. The molecule has 0 atom stereocenters. The van der Waals surface area contributed by atoms with Crippen molar-refractivity contribution >= 4 is 23.8 Å². The van der Waals surface area contributed by atoms with Gasteiger partial charge in [0, 0.05) is 18.0 Å². The van der Waals surface area contributed by atoms with Crippen molar-refractivity contribution in [3.8, 4) is 17.1 Å². The normalized spacial score (nSPS) is 10.5. The van der Waals surface area contributed by atoms with Crippen molar-refractivity contribution in [2.24, 2.45) is 0 Å². The van der Waals surface area contributed by atoms with Crippen molar-refractivity contribution in [3.05, 3.63) is 58.1 Å². The summed E-state index contributed by atoms with van der Waals surface area (Å²) in [6.45, 7) is 0.537. The molecule has 0 unspecified atom stereocenters. The molecule has 0 bridgehead atoms. The molecule has 2 heterocycles. The Hall–Kier alpha value is -2.38. The molecule has 2 N–H and O–H groups in total. The number of H-pyrrole nitrogens is 1. The molecule has 8 heteroatoms. The van der Waals surface area contributed by atoms with Crippen molar-refractivity contribution < 1.29 is 4.74 Å². The maximum absolute atomic E-state index is 6.14. The molecule has 3 rings (SSSR count).